The standard InChI is InChI=1S/C17H20ClNO/c1-3-11-19(4-2)14-7-10-16(17(18)12-14)13-5-8-15(20)9-6-13/h5-10,12,20H,3-4,11H2,1-2H3. The van der Waals surface area contributed by atoms with Gasteiger partial charge in [-0.2, -0.15) is 0 Å². The zero-order valence-corrected chi connectivity index (χ0v) is 12.7. The molecule has 2 aromatic rings. The van der Waals surface area contributed by atoms with E-state index < -0.39 is 0 Å². The van der Waals surface area contributed by atoms with E-state index in [0.717, 1.165) is 41.3 Å². The van der Waals surface area contributed by atoms with Gasteiger partial charge in [0.2, 0.25) is 0 Å². The summed E-state index contributed by atoms with van der Waals surface area (Å²) < 4.78 is 0. The molecule has 0 saturated heterocycles. The molecule has 0 atom stereocenters. The summed E-state index contributed by atoms with van der Waals surface area (Å²) in [6.45, 7) is 6.33. The maximum absolute atomic E-state index is 9.34. The lowest BCUT2D eigenvalue weighted by molar-refractivity contribution is 0.475. The number of rotatable bonds is 5. The Morgan fingerprint density at radius 2 is 1.75 bits per heavy atom. The lowest BCUT2D eigenvalue weighted by Gasteiger charge is -2.23. The first-order valence-electron chi connectivity index (χ1n) is 6.99. The van der Waals surface area contributed by atoms with Crippen molar-refractivity contribution >= 4 is 17.3 Å². The molecule has 0 saturated carbocycles. The van der Waals surface area contributed by atoms with Crippen LogP contribution in [0.15, 0.2) is 42.5 Å². The average molecular weight is 290 g/mol. The van der Waals surface area contributed by atoms with Gasteiger partial charge in [-0.25, -0.2) is 0 Å². The van der Waals surface area contributed by atoms with Crippen molar-refractivity contribution in [3.05, 3.63) is 47.5 Å². The van der Waals surface area contributed by atoms with Crippen LogP contribution in [0.3, 0.4) is 0 Å². The average Bonchev–Trinajstić information content (AvgIpc) is 2.46. The van der Waals surface area contributed by atoms with Crippen LogP contribution < -0.4 is 4.90 Å². The summed E-state index contributed by atoms with van der Waals surface area (Å²) in [7, 11) is 0. The van der Waals surface area contributed by atoms with Gasteiger partial charge in [0, 0.05) is 24.3 Å². The molecule has 0 spiro atoms. The van der Waals surface area contributed by atoms with Gasteiger partial charge in [0.15, 0.2) is 0 Å². The second-order valence-corrected chi connectivity index (χ2v) is 5.20. The maximum Gasteiger partial charge on any atom is 0.115 e. The van der Waals surface area contributed by atoms with Crippen molar-refractivity contribution in [1.82, 2.24) is 0 Å². The number of nitrogens with zero attached hydrogens (tertiary/aromatic N) is 1. The first kappa shape index (κ1) is 14.7. The van der Waals surface area contributed by atoms with Crippen LogP contribution in [-0.2, 0) is 0 Å². The fourth-order valence-electron chi connectivity index (χ4n) is 2.32. The molecule has 0 aliphatic carbocycles. The van der Waals surface area contributed by atoms with Gasteiger partial charge in [0.05, 0.1) is 5.02 Å². The Labute approximate surface area is 125 Å². The lowest BCUT2D eigenvalue weighted by Crippen LogP contribution is -2.23. The van der Waals surface area contributed by atoms with Crippen molar-refractivity contribution in [2.45, 2.75) is 20.3 Å². The van der Waals surface area contributed by atoms with Crippen LogP contribution in [0.1, 0.15) is 20.3 Å². The number of hydrogen-bond acceptors (Lipinski definition) is 2. The lowest BCUT2D eigenvalue weighted by atomic mass is 10.0. The highest BCUT2D eigenvalue weighted by atomic mass is 35.5. The molecule has 3 heteroatoms. The van der Waals surface area contributed by atoms with Gasteiger partial charge < -0.3 is 10.0 Å². The highest BCUT2D eigenvalue weighted by Gasteiger charge is 2.08. The minimum absolute atomic E-state index is 0.265. The first-order chi connectivity index (χ1) is 9.65. The van der Waals surface area contributed by atoms with Crippen LogP contribution >= 0.6 is 11.6 Å². The minimum atomic E-state index is 0.265. The Bertz CT molecular complexity index is 566. The zero-order valence-electron chi connectivity index (χ0n) is 11.9. The largest absolute Gasteiger partial charge is 0.508 e. The van der Waals surface area contributed by atoms with E-state index in [1.165, 1.54) is 0 Å². The second-order valence-electron chi connectivity index (χ2n) is 4.79. The molecule has 0 unspecified atom stereocenters. The molecule has 1 N–H and O–H groups in total. The number of phenols is 1. The molecular formula is C17H20ClNO. The third kappa shape index (κ3) is 3.26. The number of aromatic hydroxyl groups is 1. The predicted molar refractivity (Wildman–Crippen MR) is 86.7 cm³/mol. The van der Waals surface area contributed by atoms with Gasteiger partial charge >= 0.3 is 0 Å². The van der Waals surface area contributed by atoms with Crippen molar-refractivity contribution in [2.75, 3.05) is 18.0 Å². The Morgan fingerprint density at radius 1 is 1.05 bits per heavy atom. The molecule has 0 aromatic heterocycles. The molecule has 0 amide bonds. The summed E-state index contributed by atoms with van der Waals surface area (Å²) in [5.41, 5.74) is 3.16. The summed E-state index contributed by atoms with van der Waals surface area (Å²) in [5, 5.41) is 10.1. The van der Waals surface area contributed by atoms with E-state index >= 15 is 0 Å². The number of hydrogen-bond donors (Lipinski definition) is 1. The van der Waals surface area contributed by atoms with E-state index in [1.807, 2.05) is 24.3 Å². The van der Waals surface area contributed by atoms with Gasteiger partial charge in [0.25, 0.3) is 0 Å². The van der Waals surface area contributed by atoms with Gasteiger partial charge in [-0.15, -0.1) is 0 Å². The Balaban J connectivity index is 2.32. The van der Waals surface area contributed by atoms with Crippen LogP contribution in [0, 0.1) is 0 Å². The molecule has 0 bridgehead atoms. The van der Waals surface area contributed by atoms with E-state index in [9.17, 15) is 5.11 Å². The van der Waals surface area contributed by atoms with E-state index in [-0.39, 0.29) is 5.75 Å². The fourth-order valence-corrected chi connectivity index (χ4v) is 2.60. The van der Waals surface area contributed by atoms with Gasteiger partial charge in [-0.1, -0.05) is 36.7 Å². The molecule has 106 valence electrons. The van der Waals surface area contributed by atoms with Crippen LogP contribution in [0.4, 0.5) is 5.69 Å². The highest BCUT2D eigenvalue weighted by Crippen LogP contribution is 2.32. The third-order valence-corrected chi connectivity index (χ3v) is 3.68. The summed E-state index contributed by atoms with van der Waals surface area (Å²) >= 11 is 6.42. The van der Waals surface area contributed by atoms with Crippen LogP contribution in [0.2, 0.25) is 5.02 Å². The number of halogens is 1. The molecule has 2 rings (SSSR count). The normalized spacial score (nSPS) is 10.6. The van der Waals surface area contributed by atoms with Gasteiger partial charge in [-0.3, -0.25) is 0 Å². The van der Waals surface area contributed by atoms with Crippen molar-refractivity contribution in [3.8, 4) is 16.9 Å². The van der Waals surface area contributed by atoms with Crippen molar-refractivity contribution in [3.63, 3.8) is 0 Å². The molecule has 2 nitrogen and oxygen atoms in total. The SMILES string of the molecule is CCCN(CC)c1ccc(-c2ccc(O)cc2)c(Cl)c1. The first-order valence-corrected chi connectivity index (χ1v) is 7.37. The highest BCUT2D eigenvalue weighted by molar-refractivity contribution is 6.33. The van der Waals surface area contributed by atoms with E-state index in [2.05, 4.69) is 24.8 Å². The van der Waals surface area contributed by atoms with E-state index in [4.69, 9.17) is 11.6 Å². The number of benzene rings is 2. The van der Waals surface area contributed by atoms with Crippen molar-refractivity contribution in [2.24, 2.45) is 0 Å². The Morgan fingerprint density at radius 3 is 2.30 bits per heavy atom. The molecule has 0 aliphatic rings. The molecule has 0 aliphatic heterocycles. The second kappa shape index (κ2) is 6.67. The summed E-state index contributed by atoms with van der Waals surface area (Å²) in [4.78, 5) is 2.31. The molecular weight excluding hydrogens is 270 g/mol. The van der Waals surface area contributed by atoms with Crippen LogP contribution in [0.25, 0.3) is 11.1 Å². The molecule has 20 heavy (non-hydrogen) atoms. The number of anilines is 1. The smallest absolute Gasteiger partial charge is 0.115 e. The molecule has 2 aromatic carbocycles. The van der Waals surface area contributed by atoms with E-state index in [0.29, 0.717) is 0 Å². The maximum atomic E-state index is 9.34. The monoisotopic (exact) mass is 289 g/mol. The van der Waals surface area contributed by atoms with E-state index in [1.54, 1.807) is 12.1 Å². The molecule has 0 fully saturated rings. The van der Waals surface area contributed by atoms with Gasteiger partial charge in [-0.05, 0) is 43.2 Å². The quantitative estimate of drug-likeness (QED) is 0.842. The van der Waals surface area contributed by atoms with Gasteiger partial charge in [0.1, 0.15) is 5.75 Å². The molecule has 0 heterocycles. The third-order valence-electron chi connectivity index (χ3n) is 3.37. The minimum Gasteiger partial charge on any atom is -0.508 e. The zero-order chi connectivity index (χ0) is 14.5. The van der Waals surface area contributed by atoms with Crippen molar-refractivity contribution < 1.29 is 5.11 Å². The summed E-state index contributed by atoms with van der Waals surface area (Å²) in [6, 6.07) is 13.3. The summed E-state index contributed by atoms with van der Waals surface area (Å²) in [6.07, 6.45) is 1.12. The Hall–Kier alpha value is -1.67. The fraction of sp³-hybridized carbons (Fsp3) is 0.294. The molecule has 0 radical (unpaired) electrons. The Kier molecular flexibility index (Phi) is 4.91. The van der Waals surface area contributed by atoms with Crippen molar-refractivity contribution in [1.29, 1.82) is 0 Å². The predicted octanol–water partition coefficient (Wildman–Crippen LogP) is 4.95. The van der Waals surface area contributed by atoms with Crippen LogP contribution in [-0.4, -0.2) is 18.2 Å². The summed E-state index contributed by atoms with van der Waals surface area (Å²) in [5.74, 6) is 0.265. The topological polar surface area (TPSA) is 23.5 Å². The van der Waals surface area contributed by atoms with Crippen LogP contribution in [0.5, 0.6) is 5.75 Å². The number of phenolic OH excluding ortho intramolecular Hbond substituents is 1.